The van der Waals surface area contributed by atoms with Crippen LogP contribution in [-0.4, -0.2) is 50.6 Å². The third kappa shape index (κ3) is 3.42. The van der Waals surface area contributed by atoms with Gasteiger partial charge >= 0.3 is 11.8 Å². The first-order valence-corrected chi connectivity index (χ1v) is 9.51. The summed E-state index contributed by atoms with van der Waals surface area (Å²) in [4.78, 5) is 26.5. The van der Waals surface area contributed by atoms with Crippen LogP contribution in [0.4, 0.5) is 4.39 Å². The Morgan fingerprint density at radius 1 is 1.29 bits per heavy atom. The summed E-state index contributed by atoms with van der Waals surface area (Å²) in [6.07, 6.45) is 4.00. The van der Waals surface area contributed by atoms with E-state index in [-0.39, 0.29) is 18.4 Å². The number of nitrogens with one attached hydrogen (secondary N) is 1. The van der Waals surface area contributed by atoms with Crippen molar-refractivity contribution in [2.45, 2.75) is 38.8 Å². The van der Waals surface area contributed by atoms with Gasteiger partial charge in [-0.2, -0.15) is 0 Å². The second kappa shape index (κ2) is 7.53. The average molecular weight is 383 g/mol. The highest BCUT2D eigenvalue weighted by Gasteiger charge is 2.30. The number of carbonyl (C=O) groups excluding carboxylic acids is 2. The number of carbonyl (C=O) groups is 2. The lowest BCUT2D eigenvalue weighted by Crippen LogP contribution is -2.48. The molecular formula is C20H22FN5O2. The third-order valence-corrected chi connectivity index (χ3v) is 5.30. The quantitative estimate of drug-likeness (QED) is 0.811. The van der Waals surface area contributed by atoms with Crippen molar-refractivity contribution < 1.29 is 14.0 Å². The Kier molecular flexibility index (Phi) is 4.93. The number of hydrogen-bond donors (Lipinski definition) is 1. The van der Waals surface area contributed by atoms with Gasteiger partial charge in [0.15, 0.2) is 0 Å². The second-order valence-electron chi connectivity index (χ2n) is 7.10. The fourth-order valence-electron chi connectivity index (χ4n) is 3.78. The summed E-state index contributed by atoms with van der Waals surface area (Å²) in [5.74, 6) is 0.271. The first-order valence-electron chi connectivity index (χ1n) is 9.51. The SMILES string of the molecule is CCc1nnc2n1CC(NC(=O)C(=O)N1CC=C(c3ccccc3F)C1)CC2. The monoisotopic (exact) mass is 383 g/mol. The lowest BCUT2D eigenvalue weighted by Gasteiger charge is -2.26. The zero-order chi connectivity index (χ0) is 19.7. The Labute approximate surface area is 162 Å². The van der Waals surface area contributed by atoms with Gasteiger partial charge in [0.25, 0.3) is 0 Å². The maximum atomic E-state index is 14.0. The fourth-order valence-corrected chi connectivity index (χ4v) is 3.78. The molecule has 1 aromatic heterocycles. The smallest absolute Gasteiger partial charge is 0.312 e. The highest BCUT2D eigenvalue weighted by molar-refractivity contribution is 6.35. The number of hydrogen-bond acceptors (Lipinski definition) is 4. The molecule has 2 amide bonds. The van der Waals surface area contributed by atoms with Crippen LogP contribution >= 0.6 is 0 Å². The second-order valence-corrected chi connectivity index (χ2v) is 7.10. The van der Waals surface area contributed by atoms with Crippen molar-refractivity contribution in [1.82, 2.24) is 25.0 Å². The number of aromatic nitrogens is 3. The van der Waals surface area contributed by atoms with Gasteiger partial charge < -0.3 is 14.8 Å². The van der Waals surface area contributed by atoms with Crippen LogP contribution in [0.3, 0.4) is 0 Å². The maximum Gasteiger partial charge on any atom is 0.312 e. The topological polar surface area (TPSA) is 80.1 Å². The summed E-state index contributed by atoms with van der Waals surface area (Å²) >= 11 is 0. The maximum absolute atomic E-state index is 14.0. The van der Waals surface area contributed by atoms with E-state index in [0.717, 1.165) is 36.5 Å². The van der Waals surface area contributed by atoms with Crippen LogP contribution in [-0.2, 0) is 29.0 Å². The molecule has 0 aliphatic carbocycles. The number of aryl methyl sites for hydroxylation is 2. The van der Waals surface area contributed by atoms with Crippen molar-refractivity contribution in [2.75, 3.05) is 13.1 Å². The van der Waals surface area contributed by atoms with Crippen molar-refractivity contribution in [1.29, 1.82) is 0 Å². The summed E-state index contributed by atoms with van der Waals surface area (Å²) < 4.78 is 16.0. The average Bonchev–Trinajstić information content (AvgIpc) is 3.34. The minimum Gasteiger partial charge on any atom is -0.343 e. The number of amides is 2. The molecule has 1 N–H and O–H groups in total. The fraction of sp³-hybridized carbons (Fsp3) is 0.400. The number of rotatable bonds is 3. The predicted molar refractivity (Wildman–Crippen MR) is 101 cm³/mol. The first-order chi connectivity index (χ1) is 13.6. The highest BCUT2D eigenvalue weighted by Crippen LogP contribution is 2.23. The van der Waals surface area contributed by atoms with Crippen LogP contribution in [0.5, 0.6) is 0 Å². The van der Waals surface area contributed by atoms with Crippen molar-refractivity contribution in [3.8, 4) is 0 Å². The molecule has 1 aromatic carbocycles. The molecule has 2 aliphatic rings. The highest BCUT2D eigenvalue weighted by atomic mass is 19.1. The summed E-state index contributed by atoms with van der Waals surface area (Å²) in [5, 5.41) is 11.2. The van der Waals surface area contributed by atoms with E-state index in [1.165, 1.54) is 11.0 Å². The largest absolute Gasteiger partial charge is 0.343 e. The van der Waals surface area contributed by atoms with Gasteiger partial charge in [-0.25, -0.2) is 4.39 Å². The Hall–Kier alpha value is -3.03. The van der Waals surface area contributed by atoms with E-state index in [1.807, 2.05) is 11.5 Å². The van der Waals surface area contributed by atoms with E-state index in [4.69, 9.17) is 0 Å². The minimum absolute atomic E-state index is 0.133. The standard InChI is InChI=1S/C20H22FN5O2/c1-2-17-23-24-18-8-7-14(12-26(17)18)22-19(27)20(28)25-10-9-13(11-25)15-5-3-4-6-16(15)21/h3-6,9,14H,2,7-8,10-12H2,1H3,(H,22,27). The normalized spacial score (nSPS) is 18.6. The van der Waals surface area contributed by atoms with Gasteiger partial charge in [-0.3, -0.25) is 9.59 Å². The number of fused-ring (bicyclic) bond motifs is 1. The van der Waals surface area contributed by atoms with E-state index in [1.54, 1.807) is 24.3 Å². The van der Waals surface area contributed by atoms with Crippen molar-refractivity contribution in [2.24, 2.45) is 0 Å². The van der Waals surface area contributed by atoms with Crippen LogP contribution in [0.1, 0.15) is 30.6 Å². The lowest BCUT2D eigenvalue weighted by molar-refractivity contribution is -0.145. The van der Waals surface area contributed by atoms with Crippen LogP contribution in [0.25, 0.3) is 5.57 Å². The van der Waals surface area contributed by atoms with Crippen LogP contribution in [0.15, 0.2) is 30.3 Å². The molecule has 0 fully saturated rings. The summed E-state index contributed by atoms with van der Waals surface area (Å²) in [5.41, 5.74) is 1.19. The van der Waals surface area contributed by atoms with Crippen molar-refractivity contribution in [3.63, 3.8) is 0 Å². The van der Waals surface area contributed by atoms with E-state index in [2.05, 4.69) is 15.5 Å². The molecule has 28 heavy (non-hydrogen) atoms. The zero-order valence-corrected chi connectivity index (χ0v) is 15.7. The molecule has 0 bridgehead atoms. The van der Waals surface area contributed by atoms with E-state index in [9.17, 15) is 14.0 Å². The molecule has 1 unspecified atom stereocenters. The molecule has 146 valence electrons. The Morgan fingerprint density at radius 3 is 2.89 bits per heavy atom. The summed E-state index contributed by atoms with van der Waals surface area (Å²) in [6.45, 7) is 3.11. The van der Waals surface area contributed by atoms with Gasteiger partial charge in [-0.1, -0.05) is 31.2 Å². The molecule has 2 aromatic rings. The lowest BCUT2D eigenvalue weighted by atomic mass is 10.1. The number of benzene rings is 1. The van der Waals surface area contributed by atoms with Gasteiger partial charge in [0.1, 0.15) is 17.5 Å². The van der Waals surface area contributed by atoms with E-state index < -0.39 is 11.8 Å². The molecule has 1 atom stereocenters. The first kappa shape index (κ1) is 18.3. The Bertz CT molecular complexity index is 938. The molecule has 4 rings (SSSR count). The van der Waals surface area contributed by atoms with Crippen LogP contribution in [0.2, 0.25) is 0 Å². The minimum atomic E-state index is -0.622. The van der Waals surface area contributed by atoms with Gasteiger partial charge in [0.05, 0.1) is 0 Å². The molecule has 8 heteroatoms. The number of nitrogens with zero attached hydrogens (tertiary/aromatic N) is 4. The van der Waals surface area contributed by atoms with Crippen molar-refractivity contribution in [3.05, 3.63) is 53.4 Å². The van der Waals surface area contributed by atoms with Gasteiger partial charge in [-0.05, 0) is 18.1 Å². The third-order valence-electron chi connectivity index (χ3n) is 5.30. The summed E-state index contributed by atoms with van der Waals surface area (Å²) in [6, 6.07) is 6.31. The molecule has 0 saturated carbocycles. The molecule has 0 radical (unpaired) electrons. The molecule has 0 spiro atoms. The van der Waals surface area contributed by atoms with Gasteiger partial charge in [0.2, 0.25) is 0 Å². The van der Waals surface area contributed by atoms with E-state index in [0.29, 0.717) is 18.7 Å². The Morgan fingerprint density at radius 2 is 2.11 bits per heavy atom. The van der Waals surface area contributed by atoms with Crippen molar-refractivity contribution >= 4 is 17.4 Å². The van der Waals surface area contributed by atoms with Crippen LogP contribution < -0.4 is 5.32 Å². The van der Waals surface area contributed by atoms with E-state index >= 15 is 0 Å². The van der Waals surface area contributed by atoms with Gasteiger partial charge in [0, 0.05) is 44.1 Å². The molecule has 2 aliphatic heterocycles. The molecule has 0 saturated heterocycles. The molecular weight excluding hydrogens is 361 g/mol. The number of halogens is 1. The predicted octanol–water partition coefficient (Wildman–Crippen LogP) is 1.34. The molecule has 3 heterocycles. The van der Waals surface area contributed by atoms with Gasteiger partial charge in [-0.15, -0.1) is 10.2 Å². The summed E-state index contributed by atoms with van der Waals surface area (Å²) in [7, 11) is 0. The molecule has 7 nitrogen and oxygen atoms in total. The Balaban J connectivity index is 1.36. The van der Waals surface area contributed by atoms with Crippen LogP contribution in [0, 0.1) is 5.82 Å². The zero-order valence-electron chi connectivity index (χ0n) is 15.7.